The lowest BCUT2D eigenvalue weighted by molar-refractivity contribution is -0.131. The van der Waals surface area contributed by atoms with Gasteiger partial charge in [0.25, 0.3) is 0 Å². The smallest absolute Gasteiger partial charge is 0.328 e. The summed E-state index contributed by atoms with van der Waals surface area (Å²) in [6, 6.07) is 0. The minimum absolute atomic E-state index is 0.655. The average Bonchev–Trinajstić information content (AvgIpc) is 2.34. The van der Waals surface area contributed by atoms with Gasteiger partial charge in [0.1, 0.15) is 5.84 Å². The molecule has 0 aliphatic carbocycles. The van der Waals surface area contributed by atoms with E-state index in [4.69, 9.17) is 5.11 Å². The molecule has 0 spiro atoms. The third-order valence-corrected chi connectivity index (χ3v) is 1.08. The first kappa shape index (κ1) is 6.80. The molecule has 0 amide bonds. The number of amidine groups is 1. The van der Waals surface area contributed by atoms with Crippen LogP contribution in [0.1, 0.15) is 0 Å². The summed E-state index contributed by atoms with van der Waals surface area (Å²) < 4.78 is 0. The first-order chi connectivity index (χ1) is 4.79. The molecule has 0 aromatic carbocycles. The van der Waals surface area contributed by atoms with Crippen molar-refractivity contribution < 1.29 is 9.90 Å². The lowest BCUT2D eigenvalue weighted by Gasteiger charge is -1.89. The van der Waals surface area contributed by atoms with Gasteiger partial charge >= 0.3 is 5.97 Å². The van der Waals surface area contributed by atoms with E-state index in [0.717, 1.165) is 19.2 Å². The van der Waals surface area contributed by atoms with Crippen molar-refractivity contribution in [1.82, 2.24) is 5.32 Å². The topological polar surface area (TPSA) is 61.7 Å². The quantitative estimate of drug-likeness (QED) is 0.514. The second-order valence-corrected chi connectivity index (χ2v) is 1.87. The van der Waals surface area contributed by atoms with Crippen LogP contribution < -0.4 is 5.32 Å². The van der Waals surface area contributed by atoms with Crippen LogP contribution in [0.5, 0.6) is 0 Å². The van der Waals surface area contributed by atoms with Crippen LogP contribution in [0.3, 0.4) is 0 Å². The predicted octanol–water partition coefficient (Wildman–Crippen LogP) is -0.371. The minimum Gasteiger partial charge on any atom is -0.478 e. The van der Waals surface area contributed by atoms with Crippen LogP contribution in [0.25, 0.3) is 0 Å². The molecule has 0 saturated heterocycles. The van der Waals surface area contributed by atoms with Gasteiger partial charge in [-0.2, -0.15) is 0 Å². The molecular weight excluding hydrogens is 132 g/mol. The molecule has 0 unspecified atom stereocenters. The Labute approximate surface area is 58.3 Å². The molecule has 0 aromatic heterocycles. The molecule has 4 heteroatoms. The highest BCUT2D eigenvalue weighted by atomic mass is 16.4. The van der Waals surface area contributed by atoms with Crippen molar-refractivity contribution in [1.29, 1.82) is 0 Å². The van der Waals surface area contributed by atoms with Crippen LogP contribution in [0, 0.1) is 0 Å². The van der Waals surface area contributed by atoms with E-state index in [0.29, 0.717) is 5.84 Å². The molecule has 1 rings (SSSR count). The van der Waals surface area contributed by atoms with Crippen molar-refractivity contribution in [3.8, 4) is 0 Å². The lowest BCUT2D eigenvalue weighted by atomic mass is 10.4. The summed E-state index contributed by atoms with van der Waals surface area (Å²) in [4.78, 5) is 13.9. The van der Waals surface area contributed by atoms with Gasteiger partial charge in [0.15, 0.2) is 0 Å². The fourth-order valence-corrected chi connectivity index (χ4v) is 0.678. The Morgan fingerprint density at radius 3 is 3.10 bits per heavy atom. The van der Waals surface area contributed by atoms with Crippen molar-refractivity contribution in [3.63, 3.8) is 0 Å². The molecule has 0 fully saturated rings. The molecule has 1 aliphatic rings. The van der Waals surface area contributed by atoms with Gasteiger partial charge in [-0.25, -0.2) is 4.79 Å². The average molecular weight is 140 g/mol. The number of hydrogen-bond donors (Lipinski definition) is 2. The van der Waals surface area contributed by atoms with Crippen molar-refractivity contribution in [2.24, 2.45) is 4.99 Å². The fraction of sp³-hybridized carbons (Fsp3) is 0.333. The summed E-state index contributed by atoms with van der Waals surface area (Å²) in [5.74, 6) is -0.293. The van der Waals surface area contributed by atoms with Gasteiger partial charge < -0.3 is 10.4 Å². The Morgan fingerprint density at radius 1 is 1.80 bits per heavy atom. The summed E-state index contributed by atoms with van der Waals surface area (Å²) in [7, 11) is 0. The zero-order chi connectivity index (χ0) is 7.40. The van der Waals surface area contributed by atoms with E-state index in [1.54, 1.807) is 0 Å². The SMILES string of the molecule is O=C(O)C=CC1=NCCN1. The number of carbonyl (C=O) groups is 1. The van der Waals surface area contributed by atoms with E-state index >= 15 is 0 Å². The van der Waals surface area contributed by atoms with Gasteiger partial charge in [-0.1, -0.05) is 0 Å². The highest BCUT2D eigenvalue weighted by Gasteiger charge is 1.99. The molecule has 2 N–H and O–H groups in total. The van der Waals surface area contributed by atoms with Crippen molar-refractivity contribution >= 4 is 11.8 Å². The zero-order valence-electron chi connectivity index (χ0n) is 5.37. The fourth-order valence-electron chi connectivity index (χ4n) is 0.678. The summed E-state index contributed by atoms with van der Waals surface area (Å²) in [5.41, 5.74) is 0. The Hall–Kier alpha value is -1.32. The van der Waals surface area contributed by atoms with E-state index in [1.165, 1.54) is 6.08 Å². The van der Waals surface area contributed by atoms with Crippen LogP contribution in [-0.4, -0.2) is 30.0 Å². The number of carboxylic acid groups (broad SMARTS) is 1. The molecule has 1 aliphatic heterocycles. The number of nitrogens with zero attached hydrogens (tertiary/aromatic N) is 1. The number of hydrogen-bond acceptors (Lipinski definition) is 3. The highest BCUT2D eigenvalue weighted by Crippen LogP contribution is 1.86. The largest absolute Gasteiger partial charge is 0.478 e. The van der Waals surface area contributed by atoms with Gasteiger partial charge in [-0.05, 0) is 6.08 Å². The van der Waals surface area contributed by atoms with Gasteiger partial charge in [0.05, 0.1) is 6.54 Å². The van der Waals surface area contributed by atoms with Gasteiger partial charge in [-0.3, -0.25) is 4.99 Å². The minimum atomic E-state index is -0.948. The van der Waals surface area contributed by atoms with Crippen molar-refractivity contribution in [2.75, 3.05) is 13.1 Å². The number of aliphatic imine (C=N–C) groups is 1. The van der Waals surface area contributed by atoms with Crippen molar-refractivity contribution in [3.05, 3.63) is 12.2 Å². The highest BCUT2D eigenvalue weighted by molar-refractivity contribution is 5.98. The van der Waals surface area contributed by atoms with E-state index in [2.05, 4.69) is 10.3 Å². The zero-order valence-corrected chi connectivity index (χ0v) is 5.37. The maximum atomic E-state index is 9.99. The molecule has 1 heterocycles. The van der Waals surface area contributed by atoms with Gasteiger partial charge in [-0.15, -0.1) is 0 Å². The number of rotatable bonds is 2. The van der Waals surface area contributed by atoms with E-state index in [9.17, 15) is 4.79 Å². The van der Waals surface area contributed by atoms with Gasteiger partial charge in [0.2, 0.25) is 0 Å². The van der Waals surface area contributed by atoms with E-state index < -0.39 is 5.97 Å². The molecular formula is C6H8N2O2. The Balaban J connectivity index is 2.44. The Morgan fingerprint density at radius 2 is 2.60 bits per heavy atom. The number of aliphatic carboxylic acids is 1. The van der Waals surface area contributed by atoms with E-state index in [-0.39, 0.29) is 0 Å². The summed E-state index contributed by atoms with van der Waals surface area (Å²) in [5, 5.41) is 11.1. The maximum Gasteiger partial charge on any atom is 0.328 e. The Kier molecular flexibility index (Phi) is 2.04. The molecule has 0 saturated carbocycles. The van der Waals surface area contributed by atoms with Crippen LogP contribution in [0.15, 0.2) is 17.1 Å². The van der Waals surface area contributed by atoms with E-state index in [1.807, 2.05) is 0 Å². The third-order valence-electron chi connectivity index (χ3n) is 1.08. The molecule has 0 bridgehead atoms. The van der Waals surface area contributed by atoms with Crippen LogP contribution in [0.4, 0.5) is 0 Å². The first-order valence-electron chi connectivity index (χ1n) is 2.98. The molecule has 0 aromatic rings. The van der Waals surface area contributed by atoms with Crippen molar-refractivity contribution in [2.45, 2.75) is 0 Å². The molecule has 10 heavy (non-hydrogen) atoms. The van der Waals surface area contributed by atoms with Crippen LogP contribution >= 0.6 is 0 Å². The number of nitrogens with one attached hydrogen (secondary N) is 1. The normalized spacial score (nSPS) is 17.0. The second-order valence-electron chi connectivity index (χ2n) is 1.87. The first-order valence-corrected chi connectivity index (χ1v) is 2.98. The third kappa shape index (κ3) is 1.89. The van der Waals surface area contributed by atoms with Crippen LogP contribution in [-0.2, 0) is 4.79 Å². The Bertz CT molecular complexity index is 196. The summed E-state index contributed by atoms with van der Waals surface area (Å²) >= 11 is 0. The summed E-state index contributed by atoms with van der Waals surface area (Å²) in [6.45, 7) is 1.54. The van der Waals surface area contributed by atoms with Crippen LogP contribution in [0.2, 0.25) is 0 Å². The molecule has 54 valence electrons. The molecule has 0 radical (unpaired) electrons. The monoisotopic (exact) mass is 140 g/mol. The molecule has 4 nitrogen and oxygen atoms in total. The summed E-state index contributed by atoms with van der Waals surface area (Å²) in [6.07, 6.45) is 2.52. The number of carboxylic acids is 1. The second kappa shape index (κ2) is 3.00. The van der Waals surface area contributed by atoms with Gasteiger partial charge in [0, 0.05) is 12.6 Å². The molecule has 0 atom stereocenters. The lowest BCUT2D eigenvalue weighted by Crippen LogP contribution is -2.16. The predicted molar refractivity (Wildman–Crippen MR) is 37.1 cm³/mol. The standard InChI is InChI=1S/C6H8N2O2/c9-6(10)2-1-5-7-3-4-8-5/h1-2H,3-4H2,(H,7,8)(H,9,10). The maximum absolute atomic E-state index is 9.99.